The van der Waals surface area contributed by atoms with Crippen LogP contribution in [0.15, 0.2) is 52.3 Å². The van der Waals surface area contributed by atoms with E-state index < -0.39 is 0 Å². The van der Waals surface area contributed by atoms with Gasteiger partial charge in [0.15, 0.2) is 0 Å². The Morgan fingerprint density at radius 1 is 1.09 bits per heavy atom. The van der Waals surface area contributed by atoms with Crippen molar-refractivity contribution in [3.05, 3.63) is 48.0 Å². The first kappa shape index (κ1) is 23.2. The molecule has 0 spiro atoms. The van der Waals surface area contributed by atoms with E-state index in [4.69, 9.17) is 0 Å². The summed E-state index contributed by atoms with van der Waals surface area (Å²) in [6.07, 6.45) is 5.88. The lowest BCUT2D eigenvalue weighted by Crippen LogP contribution is -2.46. The van der Waals surface area contributed by atoms with E-state index in [-0.39, 0.29) is 11.8 Å². The maximum absolute atomic E-state index is 12.9. The fourth-order valence-electron chi connectivity index (χ4n) is 3.74. The minimum Gasteiger partial charge on any atom is -0.322 e. The Kier molecular flexibility index (Phi) is 8.13. The topological polar surface area (TPSA) is 64.7 Å². The smallest absolute Gasteiger partial charge is 0.255 e. The fourth-order valence-corrected chi connectivity index (χ4v) is 5.61. The number of anilines is 2. The van der Waals surface area contributed by atoms with Gasteiger partial charge in [0.1, 0.15) is 0 Å². The number of fused-ring (bicyclic) bond motifs is 1. The number of carbonyl (C=O) groups excluding carboxylic acids is 2. The third kappa shape index (κ3) is 5.86. The number of nitrogens with zero attached hydrogens (tertiary/aromatic N) is 2. The van der Waals surface area contributed by atoms with Crippen molar-refractivity contribution in [1.29, 1.82) is 0 Å². The van der Waals surface area contributed by atoms with Crippen molar-refractivity contribution >= 4 is 46.9 Å². The standard InChI is InChI=1S/C24H30N4O2S2/c1-2-3-13-25-28-21-16-18(7-12-22(21)31-17-23(28)29)24(30)26-19-8-10-20(11-9-19)32-27-14-5-4-6-15-27/h7-12,16,25H,2-6,13-15,17H2,1H3,(H,26,30). The molecule has 0 radical (unpaired) electrons. The lowest BCUT2D eigenvalue weighted by Gasteiger charge is -2.29. The van der Waals surface area contributed by atoms with Crippen LogP contribution in [0.1, 0.15) is 49.4 Å². The van der Waals surface area contributed by atoms with Crippen LogP contribution >= 0.6 is 23.7 Å². The molecule has 1 saturated heterocycles. The van der Waals surface area contributed by atoms with Crippen molar-refractivity contribution in [2.75, 3.05) is 35.7 Å². The maximum atomic E-state index is 12.9. The number of hydrogen-bond acceptors (Lipinski definition) is 6. The van der Waals surface area contributed by atoms with Crippen LogP contribution in [0.3, 0.4) is 0 Å². The summed E-state index contributed by atoms with van der Waals surface area (Å²) in [5.41, 5.74) is 5.27. The molecule has 2 aliphatic heterocycles. The monoisotopic (exact) mass is 470 g/mol. The van der Waals surface area contributed by atoms with Crippen LogP contribution < -0.4 is 15.8 Å². The molecule has 6 nitrogen and oxygen atoms in total. The third-order valence-corrected chi connectivity index (χ3v) is 7.68. The third-order valence-electron chi connectivity index (χ3n) is 5.52. The number of carbonyl (C=O) groups is 2. The van der Waals surface area contributed by atoms with E-state index in [2.05, 4.69) is 34.1 Å². The molecule has 32 heavy (non-hydrogen) atoms. The van der Waals surface area contributed by atoms with Gasteiger partial charge in [0, 0.05) is 40.7 Å². The van der Waals surface area contributed by atoms with Gasteiger partial charge in [-0.05, 0) is 73.7 Å². The van der Waals surface area contributed by atoms with Gasteiger partial charge in [-0.1, -0.05) is 19.8 Å². The van der Waals surface area contributed by atoms with Gasteiger partial charge in [-0.25, -0.2) is 14.7 Å². The largest absolute Gasteiger partial charge is 0.322 e. The first-order valence-corrected chi connectivity index (χ1v) is 13.1. The van der Waals surface area contributed by atoms with Crippen LogP contribution in [-0.2, 0) is 4.79 Å². The highest BCUT2D eigenvalue weighted by atomic mass is 32.2. The quantitative estimate of drug-likeness (QED) is 0.410. The molecule has 0 saturated carbocycles. The zero-order valence-electron chi connectivity index (χ0n) is 18.4. The summed E-state index contributed by atoms with van der Waals surface area (Å²) in [5, 5.41) is 4.58. The van der Waals surface area contributed by atoms with E-state index in [0.29, 0.717) is 11.3 Å². The summed E-state index contributed by atoms with van der Waals surface area (Å²) in [6, 6.07) is 13.5. The van der Waals surface area contributed by atoms with Gasteiger partial charge in [-0.15, -0.1) is 11.8 Å². The van der Waals surface area contributed by atoms with Crippen LogP contribution in [0.2, 0.25) is 0 Å². The Morgan fingerprint density at radius 3 is 2.62 bits per heavy atom. The van der Waals surface area contributed by atoms with E-state index in [0.717, 1.165) is 48.7 Å². The molecule has 170 valence electrons. The van der Waals surface area contributed by atoms with Gasteiger partial charge in [-0.2, -0.15) is 0 Å². The number of nitrogens with one attached hydrogen (secondary N) is 2. The Hall–Kier alpha value is -2.00. The molecule has 2 aromatic rings. The number of hydrazine groups is 1. The highest BCUT2D eigenvalue weighted by molar-refractivity contribution is 8.00. The summed E-state index contributed by atoms with van der Waals surface area (Å²) >= 11 is 3.30. The van der Waals surface area contributed by atoms with Crippen LogP contribution in [0.5, 0.6) is 0 Å². The summed E-state index contributed by atoms with van der Waals surface area (Å²) in [7, 11) is 0. The molecule has 0 aromatic heterocycles. The molecule has 0 aliphatic carbocycles. The second-order valence-corrected chi connectivity index (χ2v) is 10.2. The molecule has 2 amide bonds. The van der Waals surface area contributed by atoms with Crippen molar-refractivity contribution in [3.8, 4) is 0 Å². The molecule has 4 rings (SSSR count). The first-order valence-electron chi connectivity index (χ1n) is 11.3. The number of benzene rings is 2. The lowest BCUT2D eigenvalue weighted by molar-refractivity contribution is -0.117. The summed E-state index contributed by atoms with van der Waals surface area (Å²) in [4.78, 5) is 27.5. The van der Waals surface area contributed by atoms with Crippen LogP contribution in [0.4, 0.5) is 11.4 Å². The second kappa shape index (κ2) is 11.2. The molecule has 8 heteroatoms. The number of thioether (sulfide) groups is 1. The van der Waals surface area contributed by atoms with Gasteiger partial charge < -0.3 is 5.32 Å². The number of unbranched alkanes of at least 4 members (excludes halogenated alkanes) is 1. The molecule has 2 aliphatic rings. The first-order chi connectivity index (χ1) is 15.6. The summed E-state index contributed by atoms with van der Waals surface area (Å²) < 4.78 is 2.41. The zero-order valence-corrected chi connectivity index (χ0v) is 20.1. The van der Waals surface area contributed by atoms with E-state index in [1.165, 1.54) is 35.9 Å². The molecule has 2 N–H and O–H groups in total. The fraction of sp³-hybridized carbons (Fsp3) is 0.417. The Morgan fingerprint density at radius 2 is 1.88 bits per heavy atom. The Balaban J connectivity index is 1.41. The average molecular weight is 471 g/mol. The maximum Gasteiger partial charge on any atom is 0.255 e. The van der Waals surface area contributed by atoms with Crippen molar-refractivity contribution in [3.63, 3.8) is 0 Å². The predicted molar refractivity (Wildman–Crippen MR) is 133 cm³/mol. The van der Waals surface area contributed by atoms with Gasteiger partial charge in [-0.3, -0.25) is 9.59 Å². The molecule has 2 aromatic carbocycles. The van der Waals surface area contributed by atoms with Crippen molar-refractivity contribution in [2.24, 2.45) is 0 Å². The Labute approximate surface area is 198 Å². The minimum absolute atomic E-state index is 0.0120. The number of hydrogen-bond donors (Lipinski definition) is 2. The molecule has 1 fully saturated rings. The SMILES string of the molecule is CCCCNN1C(=O)CSc2ccc(C(=O)Nc3ccc(SN4CCCCC4)cc3)cc21. The number of piperidine rings is 1. The average Bonchev–Trinajstić information content (AvgIpc) is 2.82. The number of rotatable bonds is 8. The van der Waals surface area contributed by atoms with E-state index in [1.807, 2.05) is 24.3 Å². The molecular weight excluding hydrogens is 440 g/mol. The Bertz CT molecular complexity index is 946. The highest BCUT2D eigenvalue weighted by Crippen LogP contribution is 2.35. The van der Waals surface area contributed by atoms with Gasteiger partial charge in [0.25, 0.3) is 11.8 Å². The molecular formula is C24H30N4O2S2. The van der Waals surface area contributed by atoms with E-state index in [9.17, 15) is 9.59 Å². The van der Waals surface area contributed by atoms with E-state index in [1.54, 1.807) is 23.0 Å². The van der Waals surface area contributed by atoms with Gasteiger partial charge >= 0.3 is 0 Å². The van der Waals surface area contributed by atoms with Crippen molar-refractivity contribution in [2.45, 2.75) is 48.8 Å². The summed E-state index contributed by atoms with van der Waals surface area (Å²) in [5.74, 6) is 0.234. The van der Waals surface area contributed by atoms with Gasteiger partial charge in [0.05, 0.1) is 11.4 Å². The normalized spacial score (nSPS) is 16.7. The van der Waals surface area contributed by atoms with Crippen molar-refractivity contribution < 1.29 is 9.59 Å². The van der Waals surface area contributed by atoms with Crippen LogP contribution in [-0.4, -0.2) is 41.5 Å². The summed E-state index contributed by atoms with van der Waals surface area (Å²) in [6.45, 7) is 5.11. The highest BCUT2D eigenvalue weighted by Gasteiger charge is 2.25. The second-order valence-electron chi connectivity index (χ2n) is 8.02. The molecule has 0 bridgehead atoms. The minimum atomic E-state index is -0.180. The van der Waals surface area contributed by atoms with Crippen LogP contribution in [0, 0.1) is 0 Å². The zero-order chi connectivity index (χ0) is 22.3. The van der Waals surface area contributed by atoms with Gasteiger partial charge in [0.2, 0.25) is 0 Å². The predicted octanol–water partition coefficient (Wildman–Crippen LogP) is 5.18. The van der Waals surface area contributed by atoms with Crippen LogP contribution in [0.25, 0.3) is 0 Å². The molecule has 2 heterocycles. The lowest BCUT2D eigenvalue weighted by atomic mass is 10.1. The molecule has 0 atom stereocenters. The van der Waals surface area contributed by atoms with E-state index >= 15 is 0 Å². The molecule has 0 unspecified atom stereocenters. The number of amides is 2. The van der Waals surface area contributed by atoms with Crippen molar-refractivity contribution in [1.82, 2.24) is 9.73 Å².